The molecule has 1 unspecified atom stereocenters. The summed E-state index contributed by atoms with van der Waals surface area (Å²) in [6.07, 6.45) is 2.90. The molecule has 1 atom stereocenters. The molecular formula is C21H28N4O2. The van der Waals surface area contributed by atoms with E-state index in [0.717, 1.165) is 29.8 Å². The van der Waals surface area contributed by atoms with E-state index < -0.39 is 6.10 Å². The lowest BCUT2D eigenvalue weighted by Crippen LogP contribution is -2.45. The second-order valence-electron chi connectivity index (χ2n) is 7.22. The Hall–Kier alpha value is -2.60. The predicted molar refractivity (Wildman–Crippen MR) is 106 cm³/mol. The molecule has 1 aromatic carbocycles. The molecule has 2 heterocycles. The van der Waals surface area contributed by atoms with Crippen molar-refractivity contribution in [3.05, 3.63) is 59.8 Å². The lowest BCUT2D eigenvalue weighted by atomic mass is 9.87. The number of nitrogens with zero attached hydrogens (tertiary/aromatic N) is 3. The fourth-order valence-electron chi connectivity index (χ4n) is 3.59. The van der Waals surface area contributed by atoms with E-state index in [1.807, 2.05) is 66.4 Å². The summed E-state index contributed by atoms with van der Waals surface area (Å²) in [4.78, 5) is 20.7. The molecule has 1 fully saturated rings. The number of aliphatic hydroxyl groups is 1. The minimum Gasteiger partial charge on any atom is -0.388 e. The third-order valence-electron chi connectivity index (χ3n) is 5.14. The van der Waals surface area contributed by atoms with Crippen molar-refractivity contribution in [2.75, 3.05) is 32.1 Å². The zero-order chi connectivity index (χ0) is 19.2. The van der Waals surface area contributed by atoms with Crippen LogP contribution >= 0.6 is 0 Å². The van der Waals surface area contributed by atoms with Crippen LogP contribution in [0.2, 0.25) is 0 Å². The first-order valence-corrected chi connectivity index (χ1v) is 9.43. The maximum Gasteiger partial charge on any atom is 0.317 e. The van der Waals surface area contributed by atoms with Crippen molar-refractivity contribution in [2.45, 2.75) is 25.5 Å². The first-order valence-electron chi connectivity index (χ1n) is 9.43. The number of urea groups is 1. The lowest BCUT2D eigenvalue weighted by molar-refractivity contribution is 0.0665. The van der Waals surface area contributed by atoms with E-state index in [-0.39, 0.29) is 11.9 Å². The van der Waals surface area contributed by atoms with Gasteiger partial charge in [0.15, 0.2) is 0 Å². The molecule has 2 aromatic rings. The van der Waals surface area contributed by atoms with Gasteiger partial charge in [-0.15, -0.1) is 0 Å². The summed E-state index contributed by atoms with van der Waals surface area (Å²) in [6, 6.07) is 13.6. The molecule has 0 spiro atoms. The molecular weight excluding hydrogens is 340 g/mol. The molecule has 1 saturated heterocycles. The molecule has 1 aliphatic rings. The quantitative estimate of drug-likeness (QED) is 0.852. The zero-order valence-electron chi connectivity index (χ0n) is 16.0. The molecule has 3 rings (SSSR count). The number of carbonyl (C=O) groups is 1. The molecule has 2 amide bonds. The molecule has 6 heteroatoms. The van der Waals surface area contributed by atoms with E-state index in [9.17, 15) is 9.90 Å². The minimum atomic E-state index is -0.463. The summed E-state index contributed by atoms with van der Waals surface area (Å²) in [7, 11) is 3.88. The second-order valence-corrected chi connectivity index (χ2v) is 7.22. The van der Waals surface area contributed by atoms with Crippen LogP contribution in [-0.2, 0) is 6.54 Å². The van der Waals surface area contributed by atoms with E-state index >= 15 is 0 Å². The number of amides is 2. The van der Waals surface area contributed by atoms with E-state index in [4.69, 9.17) is 0 Å². The van der Waals surface area contributed by atoms with Gasteiger partial charge in [0.25, 0.3) is 0 Å². The third kappa shape index (κ3) is 4.77. The number of aliphatic hydroxyl groups excluding tert-OH is 1. The van der Waals surface area contributed by atoms with Crippen LogP contribution in [0.4, 0.5) is 10.6 Å². The number of nitrogens with one attached hydrogen (secondary N) is 1. The van der Waals surface area contributed by atoms with Crippen LogP contribution in [0.3, 0.4) is 0 Å². The van der Waals surface area contributed by atoms with Crippen molar-refractivity contribution < 1.29 is 9.90 Å². The van der Waals surface area contributed by atoms with E-state index in [1.165, 1.54) is 0 Å². The molecule has 0 saturated carbocycles. The molecule has 0 radical (unpaired) electrons. The highest BCUT2D eigenvalue weighted by molar-refractivity contribution is 5.74. The number of pyridine rings is 1. The molecule has 6 nitrogen and oxygen atoms in total. The van der Waals surface area contributed by atoms with Crippen LogP contribution in [0.15, 0.2) is 48.7 Å². The van der Waals surface area contributed by atoms with E-state index in [2.05, 4.69) is 10.3 Å². The molecule has 0 aliphatic carbocycles. The number of benzene rings is 1. The Kier molecular flexibility index (Phi) is 6.29. The highest BCUT2D eigenvalue weighted by atomic mass is 16.3. The Labute approximate surface area is 160 Å². The maximum absolute atomic E-state index is 12.5. The van der Waals surface area contributed by atoms with Crippen LogP contribution in [0.5, 0.6) is 0 Å². The summed E-state index contributed by atoms with van der Waals surface area (Å²) >= 11 is 0. The van der Waals surface area contributed by atoms with Gasteiger partial charge in [0, 0.05) is 45.5 Å². The second kappa shape index (κ2) is 8.86. The van der Waals surface area contributed by atoms with Crippen LogP contribution in [0, 0.1) is 5.92 Å². The fraction of sp³-hybridized carbons (Fsp3) is 0.429. The van der Waals surface area contributed by atoms with Crippen molar-refractivity contribution in [1.29, 1.82) is 0 Å². The Balaban J connectivity index is 1.50. The van der Waals surface area contributed by atoms with Gasteiger partial charge in [0.1, 0.15) is 5.82 Å². The highest BCUT2D eigenvalue weighted by Crippen LogP contribution is 2.30. The normalized spacial score (nSPS) is 16.0. The third-order valence-corrected chi connectivity index (χ3v) is 5.14. The average molecular weight is 368 g/mol. The number of likely N-dealkylation sites (tertiary alicyclic amines) is 1. The topological polar surface area (TPSA) is 68.7 Å². The Bertz CT molecular complexity index is 743. The van der Waals surface area contributed by atoms with Crippen molar-refractivity contribution in [2.24, 2.45) is 5.92 Å². The molecule has 27 heavy (non-hydrogen) atoms. The summed E-state index contributed by atoms with van der Waals surface area (Å²) in [5, 5.41) is 13.6. The maximum atomic E-state index is 12.5. The van der Waals surface area contributed by atoms with Crippen molar-refractivity contribution >= 4 is 11.8 Å². The molecule has 1 aromatic heterocycles. The first-order chi connectivity index (χ1) is 13.1. The van der Waals surface area contributed by atoms with E-state index in [0.29, 0.717) is 19.6 Å². The van der Waals surface area contributed by atoms with E-state index in [1.54, 1.807) is 6.20 Å². The number of rotatable bonds is 5. The summed E-state index contributed by atoms with van der Waals surface area (Å²) in [5.74, 6) is 1.05. The van der Waals surface area contributed by atoms with Crippen LogP contribution in [0.25, 0.3) is 0 Å². The minimum absolute atomic E-state index is 0.0591. The Morgan fingerprint density at radius 1 is 1.22 bits per heavy atom. The van der Waals surface area contributed by atoms with Gasteiger partial charge in [-0.1, -0.05) is 36.4 Å². The lowest BCUT2D eigenvalue weighted by Gasteiger charge is -2.34. The Morgan fingerprint density at radius 3 is 2.59 bits per heavy atom. The fourth-order valence-corrected chi connectivity index (χ4v) is 3.59. The number of piperidine rings is 1. The predicted octanol–water partition coefficient (Wildman–Crippen LogP) is 2.80. The zero-order valence-corrected chi connectivity index (χ0v) is 16.0. The van der Waals surface area contributed by atoms with Gasteiger partial charge in [-0.2, -0.15) is 0 Å². The highest BCUT2D eigenvalue weighted by Gasteiger charge is 2.28. The molecule has 144 valence electrons. The van der Waals surface area contributed by atoms with Gasteiger partial charge in [-0.3, -0.25) is 0 Å². The molecule has 1 aliphatic heterocycles. The van der Waals surface area contributed by atoms with Crippen molar-refractivity contribution in [1.82, 2.24) is 15.2 Å². The molecule has 0 bridgehead atoms. The van der Waals surface area contributed by atoms with Gasteiger partial charge in [0.2, 0.25) is 0 Å². The summed E-state index contributed by atoms with van der Waals surface area (Å²) in [5.41, 5.74) is 1.94. The number of hydrogen-bond acceptors (Lipinski definition) is 4. The smallest absolute Gasteiger partial charge is 0.317 e. The SMILES string of the molecule is CN(C)c1ncccc1CNC(=O)N1CCC(C(O)c2ccccc2)CC1. The number of anilines is 1. The number of aromatic nitrogens is 1. The average Bonchev–Trinajstić information content (AvgIpc) is 2.72. The number of hydrogen-bond donors (Lipinski definition) is 2. The van der Waals surface area contributed by atoms with Crippen LogP contribution < -0.4 is 10.2 Å². The van der Waals surface area contributed by atoms with Gasteiger partial charge in [-0.05, 0) is 30.4 Å². The van der Waals surface area contributed by atoms with Gasteiger partial charge < -0.3 is 20.2 Å². The van der Waals surface area contributed by atoms with Gasteiger partial charge >= 0.3 is 6.03 Å². The standard InChI is InChI=1S/C21H28N4O2/c1-24(2)20-18(9-6-12-22-20)15-23-21(27)25-13-10-17(11-14-25)19(26)16-7-4-3-5-8-16/h3-9,12,17,19,26H,10-11,13-15H2,1-2H3,(H,23,27). The summed E-state index contributed by atoms with van der Waals surface area (Å²) in [6.45, 7) is 1.77. The van der Waals surface area contributed by atoms with Gasteiger partial charge in [-0.25, -0.2) is 9.78 Å². The van der Waals surface area contributed by atoms with Crippen LogP contribution in [-0.4, -0.2) is 48.2 Å². The first kappa shape index (κ1) is 19.2. The largest absolute Gasteiger partial charge is 0.388 e. The van der Waals surface area contributed by atoms with Crippen molar-refractivity contribution in [3.8, 4) is 0 Å². The Morgan fingerprint density at radius 2 is 1.93 bits per heavy atom. The van der Waals surface area contributed by atoms with Gasteiger partial charge in [0.05, 0.1) is 6.10 Å². The summed E-state index contributed by atoms with van der Waals surface area (Å²) < 4.78 is 0. The number of carbonyl (C=O) groups excluding carboxylic acids is 1. The van der Waals surface area contributed by atoms with Crippen molar-refractivity contribution in [3.63, 3.8) is 0 Å². The molecule has 2 N–H and O–H groups in total. The monoisotopic (exact) mass is 368 g/mol. The van der Waals surface area contributed by atoms with Crippen LogP contribution in [0.1, 0.15) is 30.1 Å².